The van der Waals surface area contributed by atoms with Crippen LogP contribution in [0.2, 0.25) is 0 Å². The van der Waals surface area contributed by atoms with E-state index in [4.69, 9.17) is 0 Å². The van der Waals surface area contributed by atoms with E-state index in [1.165, 1.54) is 70.6 Å². The molecule has 0 radical (unpaired) electrons. The maximum Gasteiger partial charge on any atom is -0.0412 e. The first kappa shape index (κ1) is 19.0. The van der Waals surface area contributed by atoms with Crippen LogP contribution in [0.3, 0.4) is 0 Å². The van der Waals surface area contributed by atoms with Gasteiger partial charge in [-0.15, -0.1) is 0 Å². The average Bonchev–Trinajstić information content (AvgIpc) is 2.34. The molecule has 0 heteroatoms. The zero-order chi connectivity index (χ0) is 14.5. The second-order valence-corrected chi connectivity index (χ2v) is 7.18. The van der Waals surface area contributed by atoms with Crippen LogP contribution in [0.15, 0.2) is 0 Å². The molecule has 0 amide bonds. The number of hydrogen-bond acceptors (Lipinski definition) is 0. The van der Waals surface area contributed by atoms with Crippen LogP contribution in [-0.4, -0.2) is 0 Å². The summed E-state index contributed by atoms with van der Waals surface area (Å²) in [5.74, 6) is 2.80. The van der Waals surface area contributed by atoms with Crippen LogP contribution in [0.25, 0.3) is 0 Å². The van der Waals surface area contributed by atoms with Crippen LogP contribution < -0.4 is 0 Å². The van der Waals surface area contributed by atoms with Crippen molar-refractivity contribution in [2.75, 3.05) is 0 Å². The zero-order valence-corrected chi connectivity index (χ0v) is 14.5. The Morgan fingerprint density at radius 3 is 1.79 bits per heavy atom. The molecule has 2 atom stereocenters. The van der Waals surface area contributed by atoms with Crippen LogP contribution in [0.1, 0.15) is 105 Å². The SMILES string of the molecule is CCCCCCCC(CCCC)CC(C)CC(C)C. The van der Waals surface area contributed by atoms with Gasteiger partial charge in [-0.25, -0.2) is 0 Å². The van der Waals surface area contributed by atoms with Crippen molar-refractivity contribution in [3.05, 3.63) is 0 Å². The predicted molar refractivity (Wildman–Crippen MR) is 89.6 cm³/mol. The van der Waals surface area contributed by atoms with E-state index in [1.54, 1.807) is 0 Å². The van der Waals surface area contributed by atoms with Gasteiger partial charge in [-0.1, -0.05) is 92.4 Å². The molecule has 0 aromatic rings. The first-order valence-corrected chi connectivity index (χ1v) is 9.10. The fraction of sp³-hybridized carbons (Fsp3) is 1.00. The summed E-state index contributed by atoms with van der Waals surface area (Å²) in [5, 5.41) is 0. The van der Waals surface area contributed by atoms with Crippen LogP contribution in [0.4, 0.5) is 0 Å². The van der Waals surface area contributed by atoms with Crippen molar-refractivity contribution in [1.29, 1.82) is 0 Å². The maximum absolute atomic E-state index is 2.47. The third-order valence-corrected chi connectivity index (χ3v) is 4.29. The molecule has 0 aliphatic heterocycles. The minimum absolute atomic E-state index is 0.867. The second-order valence-electron chi connectivity index (χ2n) is 7.18. The minimum atomic E-state index is 0.867. The van der Waals surface area contributed by atoms with Crippen molar-refractivity contribution in [3.63, 3.8) is 0 Å². The molecule has 0 aromatic carbocycles. The summed E-state index contributed by atoms with van der Waals surface area (Å²) in [5.41, 5.74) is 0. The Hall–Kier alpha value is 0. The lowest BCUT2D eigenvalue weighted by Crippen LogP contribution is -2.09. The Morgan fingerprint density at radius 1 is 0.632 bits per heavy atom. The van der Waals surface area contributed by atoms with E-state index in [2.05, 4.69) is 34.6 Å². The van der Waals surface area contributed by atoms with Crippen LogP contribution >= 0.6 is 0 Å². The first-order valence-electron chi connectivity index (χ1n) is 9.10. The molecule has 0 aliphatic rings. The minimum Gasteiger partial charge on any atom is -0.0654 e. The van der Waals surface area contributed by atoms with E-state index in [0.717, 1.165) is 17.8 Å². The lowest BCUT2D eigenvalue weighted by Gasteiger charge is -2.22. The van der Waals surface area contributed by atoms with E-state index in [-0.39, 0.29) is 0 Å². The van der Waals surface area contributed by atoms with Crippen molar-refractivity contribution in [2.45, 2.75) is 105 Å². The summed E-state index contributed by atoms with van der Waals surface area (Å²) in [7, 11) is 0. The van der Waals surface area contributed by atoms with Crippen molar-refractivity contribution in [2.24, 2.45) is 17.8 Å². The normalized spacial score (nSPS) is 14.8. The molecule has 0 nitrogen and oxygen atoms in total. The van der Waals surface area contributed by atoms with Gasteiger partial charge in [0.15, 0.2) is 0 Å². The molecular formula is C19H40. The number of rotatable bonds is 13. The number of unbranched alkanes of at least 4 members (excludes halogenated alkanes) is 5. The van der Waals surface area contributed by atoms with Crippen molar-refractivity contribution in [3.8, 4) is 0 Å². The smallest absolute Gasteiger partial charge is 0.0412 e. The Balaban J connectivity index is 3.86. The van der Waals surface area contributed by atoms with E-state index in [9.17, 15) is 0 Å². The highest BCUT2D eigenvalue weighted by Gasteiger charge is 2.13. The highest BCUT2D eigenvalue weighted by Crippen LogP contribution is 2.27. The topological polar surface area (TPSA) is 0 Å². The molecule has 0 bridgehead atoms. The molecule has 2 unspecified atom stereocenters. The third-order valence-electron chi connectivity index (χ3n) is 4.29. The van der Waals surface area contributed by atoms with Gasteiger partial charge in [0.2, 0.25) is 0 Å². The fourth-order valence-electron chi connectivity index (χ4n) is 3.38. The van der Waals surface area contributed by atoms with Gasteiger partial charge in [0.25, 0.3) is 0 Å². The standard InChI is InChI=1S/C19H40/c1-6-8-10-11-12-14-19(13-9-7-2)16-18(5)15-17(3)4/h17-19H,6-16H2,1-5H3. The van der Waals surface area contributed by atoms with Gasteiger partial charge in [-0.2, -0.15) is 0 Å². The van der Waals surface area contributed by atoms with Crippen molar-refractivity contribution in [1.82, 2.24) is 0 Å². The highest BCUT2D eigenvalue weighted by molar-refractivity contribution is 4.66. The van der Waals surface area contributed by atoms with Gasteiger partial charge >= 0.3 is 0 Å². The van der Waals surface area contributed by atoms with E-state index in [1.807, 2.05) is 0 Å². The van der Waals surface area contributed by atoms with E-state index in [0.29, 0.717) is 0 Å². The van der Waals surface area contributed by atoms with Gasteiger partial charge < -0.3 is 0 Å². The van der Waals surface area contributed by atoms with Crippen molar-refractivity contribution < 1.29 is 0 Å². The molecule has 116 valence electrons. The second kappa shape index (κ2) is 13.0. The van der Waals surface area contributed by atoms with Gasteiger partial charge in [0.05, 0.1) is 0 Å². The molecule has 0 spiro atoms. The van der Waals surface area contributed by atoms with Gasteiger partial charge in [0.1, 0.15) is 0 Å². The monoisotopic (exact) mass is 268 g/mol. The predicted octanol–water partition coefficient (Wildman–Crippen LogP) is 7.23. The average molecular weight is 269 g/mol. The van der Waals surface area contributed by atoms with Gasteiger partial charge in [0, 0.05) is 0 Å². The van der Waals surface area contributed by atoms with Crippen LogP contribution in [0, 0.1) is 17.8 Å². The molecule has 0 saturated carbocycles. The Bertz CT molecular complexity index is 171. The Labute approximate surface area is 123 Å². The molecule has 19 heavy (non-hydrogen) atoms. The maximum atomic E-state index is 2.47. The summed E-state index contributed by atoms with van der Waals surface area (Å²) in [4.78, 5) is 0. The molecule has 0 saturated heterocycles. The Morgan fingerprint density at radius 2 is 1.21 bits per heavy atom. The molecule has 0 heterocycles. The summed E-state index contributed by atoms with van der Waals surface area (Å²) in [6.07, 6.45) is 15.9. The summed E-state index contributed by atoms with van der Waals surface area (Å²) >= 11 is 0. The molecular weight excluding hydrogens is 228 g/mol. The van der Waals surface area contributed by atoms with E-state index < -0.39 is 0 Å². The van der Waals surface area contributed by atoms with Gasteiger partial charge in [-0.3, -0.25) is 0 Å². The summed E-state index contributed by atoms with van der Waals surface area (Å²) in [6, 6.07) is 0. The molecule has 0 N–H and O–H groups in total. The van der Waals surface area contributed by atoms with Crippen LogP contribution in [-0.2, 0) is 0 Å². The largest absolute Gasteiger partial charge is 0.0654 e. The molecule has 0 aromatic heterocycles. The lowest BCUT2D eigenvalue weighted by atomic mass is 9.84. The van der Waals surface area contributed by atoms with Crippen LogP contribution in [0.5, 0.6) is 0 Å². The fourth-order valence-corrected chi connectivity index (χ4v) is 3.38. The van der Waals surface area contributed by atoms with Crippen molar-refractivity contribution >= 4 is 0 Å². The lowest BCUT2D eigenvalue weighted by molar-refractivity contribution is 0.302. The van der Waals surface area contributed by atoms with E-state index >= 15 is 0 Å². The summed E-state index contributed by atoms with van der Waals surface area (Å²) in [6.45, 7) is 11.8. The van der Waals surface area contributed by atoms with Gasteiger partial charge in [-0.05, 0) is 30.6 Å². The summed E-state index contributed by atoms with van der Waals surface area (Å²) < 4.78 is 0. The molecule has 0 aliphatic carbocycles. The highest BCUT2D eigenvalue weighted by atomic mass is 14.2. The number of hydrogen-bond donors (Lipinski definition) is 0. The molecule has 0 fully saturated rings. The third kappa shape index (κ3) is 12.8. The first-order chi connectivity index (χ1) is 9.10. The quantitative estimate of drug-likeness (QED) is 0.309. The molecule has 0 rings (SSSR count). The Kier molecular flexibility index (Phi) is 13.0. The zero-order valence-electron chi connectivity index (χ0n) is 14.5.